The molecule has 0 radical (unpaired) electrons. The van der Waals surface area contributed by atoms with Crippen LogP contribution >= 0.6 is 11.3 Å². The summed E-state index contributed by atoms with van der Waals surface area (Å²) in [5.74, 6) is 0.181. The maximum absolute atomic E-state index is 11.4. The van der Waals surface area contributed by atoms with E-state index in [9.17, 15) is 4.79 Å². The third-order valence-electron chi connectivity index (χ3n) is 2.25. The second-order valence-corrected chi connectivity index (χ2v) is 4.89. The van der Waals surface area contributed by atoms with Gasteiger partial charge in [0.1, 0.15) is 0 Å². The third-order valence-corrected chi connectivity index (χ3v) is 3.15. The maximum Gasteiger partial charge on any atom is 0.220 e. The summed E-state index contributed by atoms with van der Waals surface area (Å²) < 4.78 is 0. The Morgan fingerprint density at radius 3 is 3.00 bits per heavy atom. The number of hydrogen-bond acceptors (Lipinski definition) is 2. The lowest BCUT2D eigenvalue weighted by atomic mass is 10.2. The minimum Gasteiger partial charge on any atom is -0.353 e. The standard InChI is InChI=1S/C12H19NOS/c1-3-4-7-12(14)13-10(2)9-11-6-5-8-15-11/h5-6,8,10H,3-4,7,9H2,1-2H3,(H,13,14)/t10-/m1/s1. The molecule has 84 valence electrons. The first kappa shape index (κ1) is 12.2. The van der Waals surface area contributed by atoms with E-state index in [4.69, 9.17) is 0 Å². The van der Waals surface area contributed by atoms with Gasteiger partial charge in [0, 0.05) is 23.8 Å². The minimum absolute atomic E-state index is 0.181. The predicted octanol–water partition coefficient (Wildman–Crippen LogP) is 2.99. The summed E-state index contributed by atoms with van der Waals surface area (Å²) in [7, 11) is 0. The summed E-state index contributed by atoms with van der Waals surface area (Å²) >= 11 is 1.74. The van der Waals surface area contributed by atoms with Crippen LogP contribution in [-0.4, -0.2) is 11.9 Å². The molecule has 1 N–H and O–H groups in total. The fourth-order valence-corrected chi connectivity index (χ4v) is 2.30. The first-order valence-corrected chi connectivity index (χ1v) is 6.42. The van der Waals surface area contributed by atoms with Crippen molar-refractivity contribution in [2.24, 2.45) is 0 Å². The van der Waals surface area contributed by atoms with Gasteiger partial charge in [0.15, 0.2) is 0 Å². The van der Waals surface area contributed by atoms with E-state index in [0.29, 0.717) is 6.42 Å². The second kappa shape index (κ2) is 6.62. The Kier molecular flexibility index (Phi) is 5.40. The van der Waals surface area contributed by atoms with Crippen molar-refractivity contribution in [3.05, 3.63) is 22.4 Å². The summed E-state index contributed by atoms with van der Waals surface area (Å²) in [5.41, 5.74) is 0. The van der Waals surface area contributed by atoms with Crippen molar-refractivity contribution in [3.63, 3.8) is 0 Å². The first-order chi connectivity index (χ1) is 7.22. The highest BCUT2D eigenvalue weighted by molar-refractivity contribution is 7.09. The Morgan fingerprint density at radius 2 is 2.40 bits per heavy atom. The molecule has 0 aliphatic rings. The molecule has 0 fully saturated rings. The molecule has 0 bridgehead atoms. The molecule has 3 heteroatoms. The number of carbonyl (C=O) groups is 1. The van der Waals surface area contributed by atoms with Crippen LogP contribution < -0.4 is 5.32 Å². The topological polar surface area (TPSA) is 29.1 Å². The monoisotopic (exact) mass is 225 g/mol. The highest BCUT2D eigenvalue weighted by Crippen LogP contribution is 2.11. The number of amides is 1. The Balaban J connectivity index is 2.23. The van der Waals surface area contributed by atoms with Crippen LogP contribution in [0.5, 0.6) is 0 Å². The van der Waals surface area contributed by atoms with Gasteiger partial charge in [-0.3, -0.25) is 4.79 Å². The average molecular weight is 225 g/mol. The maximum atomic E-state index is 11.4. The summed E-state index contributed by atoms with van der Waals surface area (Å²) in [6, 6.07) is 4.40. The van der Waals surface area contributed by atoms with Crippen molar-refractivity contribution >= 4 is 17.2 Å². The fourth-order valence-electron chi connectivity index (χ4n) is 1.47. The number of unbranched alkanes of at least 4 members (excludes halogenated alkanes) is 1. The van der Waals surface area contributed by atoms with Gasteiger partial charge in [0.2, 0.25) is 5.91 Å². The Hall–Kier alpha value is -0.830. The van der Waals surface area contributed by atoms with Crippen molar-refractivity contribution in [3.8, 4) is 0 Å². The molecule has 1 atom stereocenters. The lowest BCUT2D eigenvalue weighted by molar-refractivity contribution is -0.121. The summed E-state index contributed by atoms with van der Waals surface area (Å²) in [5, 5.41) is 5.09. The fraction of sp³-hybridized carbons (Fsp3) is 0.583. The van der Waals surface area contributed by atoms with Gasteiger partial charge in [-0.05, 0) is 24.8 Å². The molecule has 15 heavy (non-hydrogen) atoms. The quantitative estimate of drug-likeness (QED) is 0.792. The number of nitrogens with one attached hydrogen (secondary N) is 1. The lowest BCUT2D eigenvalue weighted by Crippen LogP contribution is -2.33. The lowest BCUT2D eigenvalue weighted by Gasteiger charge is -2.12. The second-order valence-electron chi connectivity index (χ2n) is 3.86. The van der Waals surface area contributed by atoms with Crippen molar-refractivity contribution in [2.45, 2.75) is 45.6 Å². The molecule has 1 aromatic heterocycles. The zero-order valence-corrected chi connectivity index (χ0v) is 10.3. The Labute approximate surface area is 95.7 Å². The highest BCUT2D eigenvalue weighted by Gasteiger charge is 2.07. The molecule has 0 aliphatic carbocycles. The molecule has 0 aliphatic heterocycles. The van der Waals surface area contributed by atoms with E-state index in [1.165, 1.54) is 4.88 Å². The molecule has 0 aromatic carbocycles. The zero-order chi connectivity index (χ0) is 11.1. The molecule has 1 aromatic rings. The van der Waals surface area contributed by atoms with E-state index in [1.54, 1.807) is 11.3 Å². The van der Waals surface area contributed by atoms with Crippen LogP contribution in [-0.2, 0) is 11.2 Å². The number of carbonyl (C=O) groups excluding carboxylic acids is 1. The van der Waals surface area contributed by atoms with Crippen molar-refractivity contribution < 1.29 is 4.79 Å². The van der Waals surface area contributed by atoms with Crippen LogP contribution in [0.1, 0.15) is 38.0 Å². The number of thiophene rings is 1. The van der Waals surface area contributed by atoms with E-state index >= 15 is 0 Å². The summed E-state index contributed by atoms with van der Waals surface area (Å²) in [6.07, 6.45) is 3.66. The van der Waals surface area contributed by atoms with Crippen LogP contribution in [0.4, 0.5) is 0 Å². The van der Waals surface area contributed by atoms with Gasteiger partial charge in [0.05, 0.1) is 0 Å². The largest absolute Gasteiger partial charge is 0.353 e. The molecule has 1 heterocycles. The highest BCUT2D eigenvalue weighted by atomic mass is 32.1. The van der Waals surface area contributed by atoms with Crippen LogP contribution in [0.25, 0.3) is 0 Å². The summed E-state index contributed by atoms with van der Waals surface area (Å²) in [6.45, 7) is 4.16. The number of hydrogen-bond donors (Lipinski definition) is 1. The van der Waals surface area contributed by atoms with Crippen molar-refractivity contribution in [1.82, 2.24) is 5.32 Å². The summed E-state index contributed by atoms with van der Waals surface area (Å²) in [4.78, 5) is 12.8. The van der Waals surface area contributed by atoms with E-state index in [-0.39, 0.29) is 11.9 Å². The van der Waals surface area contributed by atoms with Gasteiger partial charge in [-0.25, -0.2) is 0 Å². The van der Waals surface area contributed by atoms with Gasteiger partial charge >= 0.3 is 0 Å². The van der Waals surface area contributed by atoms with E-state index in [1.807, 2.05) is 6.07 Å². The van der Waals surface area contributed by atoms with Crippen molar-refractivity contribution in [1.29, 1.82) is 0 Å². The van der Waals surface area contributed by atoms with Crippen LogP contribution in [0.15, 0.2) is 17.5 Å². The molecule has 0 unspecified atom stereocenters. The zero-order valence-electron chi connectivity index (χ0n) is 9.45. The van der Waals surface area contributed by atoms with E-state index in [0.717, 1.165) is 19.3 Å². The van der Waals surface area contributed by atoms with Crippen molar-refractivity contribution in [2.75, 3.05) is 0 Å². The van der Waals surface area contributed by atoms with E-state index < -0.39 is 0 Å². The smallest absolute Gasteiger partial charge is 0.220 e. The Morgan fingerprint density at radius 1 is 1.60 bits per heavy atom. The predicted molar refractivity (Wildman–Crippen MR) is 65.2 cm³/mol. The molecule has 1 rings (SSSR count). The van der Waals surface area contributed by atoms with Crippen LogP contribution in [0.3, 0.4) is 0 Å². The van der Waals surface area contributed by atoms with E-state index in [2.05, 4.69) is 30.6 Å². The van der Waals surface area contributed by atoms with Crippen LogP contribution in [0.2, 0.25) is 0 Å². The Bertz CT molecular complexity index is 282. The molecular weight excluding hydrogens is 206 g/mol. The van der Waals surface area contributed by atoms with Gasteiger partial charge in [-0.15, -0.1) is 11.3 Å². The molecule has 1 amide bonds. The molecule has 2 nitrogen and oxygen atoms in total. The van der Waals surface area contributed by atoms with Gasteiger partial charge in [-0.1, -0.05) is 19.4 Å². The van der Waals surface area contributed by atoms with Gasteiger partial charge in [-0.2, -0.15) is 0 Å². The average Bonchev–Trinajstić information content (AvgIpc) is 2.67. The number of rotatable bonds is 6. The molecular formula is C12H19NOS. The van der Waals surface area contributed by atoms with Gasteiger partial charge in [0.25, 0.3) is 0 Å². The third kappa shape index (κ3) is 4.98. The molecule has 0 spiro atoms. The van der Waals surface area contributed by atoms with Crippen LogP contribution in [0, 0.1) is 0 Å². The molecule has 0 saturated heterocycles. The first-order valence-electron chi connectivity index (χ1n) is 5.54. The normalized spacial score (nSPS) is 12.4. The van der Waals surface area contributed by atoms with Gasteiger partial charge < -0.3 is 5.32 Å². The molecule has 0 saturated carbocycles. The minimum atomic E-state index is 0.181. The SMILES string of the molecule is CCCCC(=O)N[C@H](C)Cc1cccs1.